The number of amides is 1. The van der Waals surface area contributed by atoms with Crippen molar-refractivity contribution in [3.05, 3.63) is 30.3 Å². The second-order valence-electron chi connectivity index (χ2n) is 5.82. The topological polar surface area (TPSA) is 40.6 Å². The lowest BCUT2D eigenvalue weighted by molar-refractivity contribution is -0.127. The first-order valence-electron chi connectivity index (χ1n) is 7.73. The first-order chi connectivity index (χ1) is 10.6. The van der Waals surface area contributed by atoms with Crippen molar-refractivity contribution >= 4 is 28.5 Å². The summed E-state index contributed by atoms with van der Waals surface area (Å²) >= 11 is 1.33. The molecule has 2 rings (SSSR count). The maximum Gasteiger partial charge on any atom is 0.222 e. The fourth-order valence-electron chi connectivity index (χ4n) is 2.73. The number of para-hydroxylation sites is 1. The van der Waals surface area contributed by atoms with Crippen LogP contribution in [-0.2, 0) is 9.59 Å². The van der Waals surface area contributed by atoms with Gasteiger partial charge in [-0.05, 0) is 24.5 Å². The van der Waals surface area contributed by atoms with Crippen LogP contribution in [0.25, 0.3) is 0 Å². The van der Waals surface area contributed by atoms with Gasteiger partial charge in [-0.15, -0.1) is 0 Å². The van der Waals surface area contributed by atoms with E-state index >= 15 is 0 Å². The van der Waals surface area contributed by atoms with Crippen LogP contribution in [0.3, 0.4) is 0 Å². The molecule has 0 radical (unpaired) electrons. The molecular formula is C17H24N2O2S. The standard InChI is InChI=1S/C17H24N2O2S/c1-14(20)22-13-15-11-17(21)19(12-15)10-6-9-18(2)16-7-4-3-5-8-16/h3-5,7-8,15H,6,9-13H2,1-2H3. The number of carbonyl (C=O) groups is 2. The molecule has 0 N–H and O–H groups in total. The Balaban J connectivity index is 1.71. The molecule has 1 aliphatic heterocycles. The molecule has 1 atom stereocenters. The van der Waals surface area contributed by atoms with Crippen molar-refractivity contribution in [1.29, 1.82) is 0 Å². The van der Waals surface area contributed by atoms with Crippen LogP contribution in [0.4, 0.5) is 5.69 Å². The molecule has 120 valence electrons. The normalized spacial score (nSPS) is 17.8. The highest BCUT2D eigenvalue weighted by molar-refractivity contribution is 8.13. The number of likely N-dealkylation sites (tertiary alicyclic amines) is 1. The monoisotopic (exact) mass is 320 g/mol. The fourth-order valence-corrected chi connectivity index (χ4v) is 3.42. The van der Waals surface area contributed by atoms with Crippen molar-refractivity contribution in [3.63, 3.8) is 0 Å². The average molecular weight is 320 g/mol. The molecule has 1 aromatic carbocycles. The van der Waals surface area contributed by atoms with Crippen LogP contribution in [0.1, 0.15) is 19.8 Å². The van der Waals surface area contributed by atoms with Gasteiger partial charge in [0.25, 0.3) is 0 Å². The van der Waals surface area contributed by atoms with Crippen LogP contribution in [0.5, 0.6) is 0 Å². The average Bonchev–Trinajstić information content (AvgIpc) is 2.86. The van der Waals surface area contributed by atoms with E-state index in [4.69, 9.17) is 0 Å². The Hall–Kier alpha value is -1.49. The van der Waals surface area contributed by atoms with Crippen LogP contribution >= 0.6 is 11.8 Å². The maximum absolute atomic E-state index is 12.0. The molecule has 1 amide bonds. The Kier molecular flexibility index (Phi) is 6.31. The number of carbonyl (C=O) groups excluding carboxylic acids is 2. The van der Waals surface area contributed by atoms with Gasteiger partial charge in [0.15, 0.2) is 5.12 Å². The molecule has 4 nitrogen and oxygen atoms in total. The van der Waals surface area contributed by atoms with Crippen molar-refractivity contribution in [2.45, 2.75) is 19.8 Å². The number of rotatable bonds is 7. The quantitative estimate of drug-likeness (QED) is 0.774. The van der Waals surface area contributed by atoms with Gasteiger partial charge in [-0.1, -0.05) is 30.0 Å². The molecule has 1 aromatic rings. The first kappa shape index (κ1) is 16.9. The van der Waals surface area contributed by atoms with Crippen molar-refractivity contribution < 1.29 is 9.59 Å². The van der Waals surface area contributed by atoms with Crippen molar-refractivity contribution in [2.24, 2.45) is 5.92 Å². The minimum absolute atomic E-state index is 0.135. The largest absolute Gasteiger partial charge is 0.375 e. The van der Waals surface area contributed by atoms with Gasteiger partial charge in [-0.25, -0.2) is 0 Å². The number of thioether (sulfide) groups is 1. The maximum atomic E-state index is 12.0. The summed E-state index contributed by atoms with van der Waals surface area (Å²) in [5.41, 5.74) is 1.20. The lowest BCUT2D eigenvalue weighted by Gasteiger charge is -2.22. The Morgan fingerprint density at radius 1 is 1.36 bits per heavy atom. The lowest BCUT2D eigenvalue weighted by atomic mass is 10.1. The van der Waals surface area contributed by atoms with E-state index < -0.39 is 0 Å². The molecule has 5 heteroatoms. The van der Waals surface area contributed by atoms with Crippen LogP contribution in [0.2, 0.25) is 0 Å². The molecule has 0 saturated carbocycles. The van der Waals surface area contributed by atoms with E-state index in [9.17, 15) is 9.59 Å². The molecule has 0 bridgehead atoms. The number of anilines is 1. The van der Waals surface area contributed by atoms with Crippen LogP contribution in [-0.4, -0.2) is 48.4 Å². The Morgan fingerprint density at radius 3 is 2.77 bits per heavy atom. The first-order valence-corrected chi connectivity index (χ1v) is 8.72. The van der Waals surface area contributed by atoms with Gasteiger partial charge in [0.05, 0.1) is 0 Å². The highest BCUT2D eigenvalue weighted by Gasteiger charge is 2.29. The van der Waals surface area contributed by atoms with E-state index in [1.807, 2.05) is 23.1 Å². The predicted molar refractivity (Wildman–Crippen MR) is 92.2 cm³/mol. The summed E-state index contributed by atoms with van der Waals surface area (Å²) in [5, 5.41) is 0.135. The summed E-state index contributed by atoms with van der Waals surface area (Å²) in [7, 11) is 2.08. The van der Waals surface area contributed by atoms with Gasteiger partial charge in [-0.3, -0.25) is 9.59 Å². The molecule has 0 aromatic heterocycles. The van der Waals surface area contributed by atoms with Gasteiger partial charge in [-0.2, -0.15) is 0 Å². The van der Waals surface area contributed by atoms with E-state index in [2.05, 4.69) is 24.1 Å². The van der Waals surface area contributed by atoms with E-state index in [0.29, 0.717) is 12.3 Å². The van der Waals surface area contributed by atoms with Crippen molar-refractivity contribution in [2.75, 3.05) is 37.3 Å². The second kappa shape index (κ2) is 8.22. The smallest absolute Gasteiger partial charge is 0.222 e. The van der Waals surface area contributed by atoms with Crippen LogP contribution < -0.4 is 4.90 Å². The Bertz CT molecular complexity index is 507. The molecule has 1 fully saturated rings. The lowest BCUT2D eigenvalue weighted by Crippen LogP contribution is -2.29. The van der Waals surface area contributed by atoms with Crippen molar-refractivity contribution in [3.8, 4) is 0 Å². The zero-order valence-electron chi connectivity index (χ0n) is 13.3. The molecular weight excluding hydrogens is 296 g/mol. The summed E-state index contributed by atoms with van der Waals surface area (Å²) in [6.45, 7) is 4.12. The third-order valence-electron chi connectivity index (χ3n) is 3.94. The Morgan fingerprint density at radius 2 is 2.09 bits per heavy atom. The van der Waals surface area contributed by atoms with E-state index in [1.165, 1.54) is 17.4 Å². The summed E-state index contributed by atoms with van der Waals surface area (Å²) in [4.78, 5) is 27.2. The molecule has 1 aliphatic rings. The predicted octanol–water partition coefficient (Wildman–Crippen LogP) is 2.64. The van der Waals surface area contributed by atoms with Gasteiger partial charge >= 0.3 is 0 Å². The number of nitrogens with zero attached hydrogens (tertiary/aromatic N) is 2. The molecule has 22 heavy (non-hydrogen) atoms. The van der Waals surface area contributed by atoms with E-state index in [-0.39, 0.29) is 11.0 Å². The highest BCUT2D eigenvalue weighted by Crippen LogP contribution is 2.22. The zero-order valence-corrected chi connectivity index (χ0v) is 14.1. The minimum atomic E-state index is 0.135. The molecule has 1 saturated heterocycles. The van der Waals surface area contributed by atoms with E-state index in [1.54, 1.807) is 6.92 Å². The van der Waals surface area contributed by atoms with Gasteiger partial charge in [0, 0.05) is 51.5 Å². The van der Waals surface area contributed by atoms with Crippen LogP contribution in [0.15, 0.2) is 30.3 Å². The SMILES string of the molecule is CC(=O)SCC1CC(=O)N(CCCN(C)c2ccccc2)C1. The third kappa shape index (κ3) is 5.05. The number of hydrogen-bond donors (Lipinski definition) is 0. The molecule has 0 spiro atoms. The Labute approximate surface area is 136 Å². The summed E-state index contributed by atoms with van der Waals surface area (Å²) in [6, 6.07) is 10.3. The summed E-state index contributed by atoms with van der Waals surface area (Å²) < 4.78 is 0. The fraction of sp³-hybridized carbons (Fsp3) is 0.529. The second-order valence-corrected chi connectivity index (χ2v) is 7.02. The van der Waals surface area contributed by atoms with Crippen molar-refractivity contribution in [1.82, 2.24) is 4.90 Å². The summed E-state index contributed by atoms with van der Waals surface area (Å²) in [5.74, 6) is 1.33. The third-order valence-corrected chi connectivity index (χ3v) is 4.98. The highest BCUT2D eigenvalue weighted by atomic mass is 32.2. The molecule has 1 unspecified atom stereocenters. The minimum Gasteiger partial charge on any atom is -0.375 e. The van der Waals surface area contributed by atoms with Crippen LogP contribution in [0, 0.1) is 5.92 Å². The zero-order chi connectivity index (χ0) is 15.9. The van der Waals surface area contributed by atoms with Gasteiger partial charge < -0.3 is 9.80 Å². The van der Waals surface area contributed by atoms with Gasteiger partial charge in [0.1, 0.15) is 0 Å². The number of hydrogen-bond acceptors (Lipinski definition) is 4. The number of benzene rings is 1. The van der Waals surface area contributed by atoms with E-state index in [0.717, 1.165) is 31.8 Å². The molecule has 1 heterocycles. The van der Waals surface area contributed by atoms with Gasteiger partial charge in [0.2, 0.25) is 5.91 Å². The summed E-state index contributed by atoms with van der Waals surface area (Å²) in [6.07, 6.45) is 1.55. The molecule has 0 aliphatic carbocycles.